The summed E-state index contributed by atoms with van der Waals surface area (Å²) < 4.78 is 0. The van der Waals surface area contributed by atoms with Crippen LogP contribution in [0.4, 0.5) is 17.3 Å². The van der Waals surface area contributed by atoms with Gasteiger partial charge in [-0.15, -0.1) is 22.6 Å². The molecule has 1 saturated carbocycles. The molecule has 2 heterocycles. The van der Waals surface area contributed by atoms with Gasteiger partial charge in [0.1, 0.15) is 0 Å². The lowest BCUT2D eigenvalue weighted by Crippen LogP contribution is -2.49. The average molecular weight is 512 g/mol. The summed E-state index contributed by atoms with van der Waals surface area (Å²) in [5.74, 6) is 3.35. The molecule has 0 spiro atoms. The van der Waals surface area contributed by atoms with Gasteiger partial charge in [-0.25, -0.2) is 4.85 Å². The summed E-state index contributed by atoms with van der Waals surface area (Å²) in [4.78, 5) is 6.03. The van der Waals surface area contributed by atoms with Crippen LogP contribution in [0.1, 0.15) is 36.8 Å². The molecular weight excluding hydrogens is 481 g/mol. The van der Waals surface area contributed by atoms with Crippen molar-refractivity contribution < 1.29 is 5.11 Å². The Hall–Kier alpha value is -2.59. The maximum atomic E-state index is 9.56. The Morgan fingerprint density at radius 2 is 1.89 bits per heavy atom. The van der Waals surface area contributed by atoms with Crippen molar-refractivity contribution in [2.24, 2.45) is 17.8 Å². The summed E-state index contributed by atoms with van der Waals surface area (Å²) in [7, 11) is 0. The van der Waals surface area contributed by atoms with Crippen molar-refractivity contribution in [2.75, 3.05) is 29.9 Å². The molecule has 0 amide bonds. The van der Waals surface area contributed by atoms with E-state index < -0.39 is 0 Å². The van der Waals surface area contributed by atoms with Crippen molar-refractivity contribution in [3.8, 4) is 0 Å². The summed E-state index contributed by atoms with van der Waals surface area (Å²) in [6.45, 7) is 12.2. The van der Waals surface area contributed by atoms with Gasteiger partial charge in [-0.05, 0) is 67.2 Å². The zero-order valence-corrected chi connectivity index (χ0v) is 21.4. The van der Waals surface area contributed by atoms with Crippen molar-refractivity contribution in [1.29, 1.82) is 0 Å². The number of benzene rings is 2. The van der Waals surface area contributed by atoms with Crippen molar-refractivity contribution in [3.05, 3.63) is 64.0 Å². The predicted molar refractivity (Wildman–Crippen MR) is 145 cm³/mol. The van der Waals surface area contributed by atoms with Crippen LogP contribution in [0.25, 0.3) is 15.6 Å². The van der Waals surface area contributed by atoms with Crippen LogP contribution >= 0.6 is 24.0 Å². The number of fused-ring (bicyclic) bond motifs is 3. The number of aliphatic hydroxyl groups is 1. The third-order valence-corrected chi connectivity index (χ3v) is 8.01. The van der Waals surface area contributed by atoms with Crippen molar-refractivity contribution >= 4 is 52.1 Å². The van der Waals surface area contributed by atoms with Gasteiger partial charge in [-0.1, -0.05) is 42.3 Å². The van der Waals surface area contributed by atoms with Crippen LogP contribution in [0, 0.1) is 31.2 Å². The highest BCUT2D eigenvalue weighted by Crippen LogP contribution is 2.43. The number of hydrogen-bond donors (Lipinski definition) is 2. The van der Waals surface area contributed by atoms with Crippen LogP contribution in [-0.2, 0) is 6.54 Å². The lowest BCUT2D eigenvalue weighted by atomic mass is 9.68. The SMILES string of the molecule is Cl.[C-]#[N+]c1ccc2c(N3CC4CCCC(C3)C4CCO)nnc(NCc3ccc(C)c(Cl)c3)c2c1. The van der Waals surface area contributed by atoms with E-state index in [9.17, 15) is 5.11 Å². The molecule has 35 heavy (non-hydrogen) atoms. The quantitative estimate of drug-likeness (QED) is 0.374. The number of piperidine rings is 1. The first-order chi connectivity index (χ1) is 16.6. The van der Waals surface area contributed by atoms with E-state index in [1.54, 1.807) is 0 Å². The number of rotatable bonds is 6. The van der Waals surface area contributed by atoms with Crippen molar-refractivity contribution in [1.82, 2.24) is 10.2 Å². The number of aliphatic hydroxyl groups excluding tert-OH is 1. The largest absolute Gasteiger partial charge is 0.396 e. The molecule has 1 aliphatic heterocycles. The topological polar surface area (TPSA) is 65.6 Å². The molecule has 5 rings (SSSR count). The first-order valence-electron chi connectivity index (χ1n) is 12.1. The van der Waals surface area contributed by atoms with Gasteiger partial charge in [0.15, 0.2) is 17.3 Å². The average Bonchev–Trinajstić information content (AvgIpc) is 2.84. The van der Waals surface area contributed by atoms with Gasteiger partial charge in [0, 0.05) is 42.0 Å². The fourth-order valence-electron chi connectivity index (χ4n) is 5.84. The molecule has 6 nitrogen and oxygen atoms in total. The van der Waals surface area contributed by atoms with Crippen molar-refractivity contribution in [3.63, 3.8) is 0 Å². The van der Waals surface area contributed by atoms with Crippen LogP contribution in [0.3, 0.4) is 0 Å². The number of aryl methyl sites for hydroxylation is 1. The second-order valence-corrected chi connectivity index (χ2v) is 10.1. The summed E-state index contributed by atoms with van der Waals surface area (Å²) >= 11 is 6.30. The number of halogens is 2. The Labute approximate surface area is 217 Å². The van der Waals surface area contributed by atoms with Gasteiger partial charge in [-0.2, -0.15) is 0 Å². The highest BCUT2D eigenvalue weighted by molar-refractivity contribution is 6.31. The highest BCUT2D eigenvalue weighted by atomic mass is 35.5. The lowest BCUT2D eigenvalue weighted by Gasteiger charge is -2.48. The molecule has 2 N–H and O–H groups in total. The Bertz CT molecular complexity index is 1230. The minimum atomic E-state index is 0. The van der Waals surface area contributed by atoms with Gasteiger partial charge in [0.2, 0.25) is 0 Å². The number of nitrogens with one attached hydrogen (secondary N) is 1. The predicted octanol–water partition coefficient (Wildman–Crippen LogP) is 6.41. The summed E-state index contributed by atoms with van der Waals surface area (Å²) in [6.07, 6.45) is 4.60. The van der Waals surface area contributed by atoms with Gasteiger partial charge in [0.25, 0.3) is 0 Å². The molecule has 2 fully saturated rings. The van der Waals surface area contributed by atoms with Gasteiger partial charge in [-0.3, -0.25) is 0 Å². The smallest absolute Gasteiger partial charge is 0.188 e. The molecule has 2 atom stereocenters. The highest BCUT2D eigenvalue weighted by Gasteiger charge is 2.39. The van der Waals surface area contributed by atoms with E-state index in [2.05, 4.69) is 31.3 Å². The third kappa shape index (κ3) is 5.18. The monoisotopic (exact) mass is 511 g/mol. The third-order valence-electron chi connectivity index (χ3n) is 7.60. The molecule has 1 aliphatic carbocycles. The Balaban J connectivity index is 0.00000289. The number of nitrogens with zero attached hydrogens (tertiary/aromatic N) is 4. The normalized spacial score (nSPS) is 21.3. The van der Waals surface area contributed by atoms with Gasteiger partial charge >= 0.3 is 0 Å². The van der Waals surface area contributed by atoms with Crippen LogP contribution in [0.5, 0.6) is 0 Å². The Kier molecular flexibility index (Phi) is 8.01. The molecule has 3 aromatic rings. The second-order valence-electron chi connectivity index (χ2n) is 9.68. The minimum absolute atomic E-state index is 0. The van der Waals surface area contributed by atoms with Crippen LogP contribution in [0.15, 0.2) is 36.4 Å². The second kappa shape index (κ2) is 11.0. The molecule has 8 heteroatoms. The molecule has 2 aliphatic rings. The molecule has 2 unspecified atom stereocenters. The van der Waals surface area contributed by atoms with E-state index in [0.717, 1.165) is 52.3 Å². The number of anilines is 2. The van der Waals surface area contributed by atoms with E-state index in [-0.39, 0.29) is 19.0 Å². The number of aromatic nitrogens is 2. The molecule has 2 bridgehead atoms. The summed E-state index contributed by atoms with van der Waals surface area (Å²) in [5, 5.41) is 24.9. The van der Waals surface area contributed by atoms with Crippen LogP contribution < -0.4 is 10.2 Å². The van der Waals surface area contributed by atoms with Gasteiger partial charge < -0.3 is 15.3 Å². The van der Waals surface area contributed by atoms with E-state index in [1.165, 1.54) is 19.3 Å². The molecular formula is C27H31Cl2N5O. The maximum absolute atomic E-state index is 9.56. The first kappa shape index (κ1) is 25.5. The molecule has 184 valence electrons. The zero-order valence-electron chi connectivity index (χ0n) is 19.9. The number of hydrogen-bond acceptors (Lipinski definition) is 5. The fourth-order valence-corrected chi connectivity index (χ4v) is 6.04. The fraction of sp³-hybridized carbons (Fsp3) is 0.444. The Morgan fingerprint density at radius 3 is 2.57 bits per heavy atom. The Morgan fingerprint density at radius 1 is 1.11 bits per heavy atom. The van der Waals surface area contributed by atoms with E-state index in [4.69, 9.17) is 18.2 Å². The van der Waals surface area contributed by atoms with Crippen LogP contribution in [0.2, 0.25) is 5.02 Å². The molecule has 2 aromatic carbocycles. The van der Waals surface area contributed by atoms with Gasteiger partial charge in [0.05, 0.1) is 6.57 Å². The molecule has 0 radical (unpaired) electrons. The van der Waals surface area contributed by atoms with E-state index >= 15 is 0 Å². The maximum Gasteiger partial charge on any atom is 0.188 e. The lowest BCUT2D eigenvalue weighted by molar-refractivity contribution is 0.0962. The summed E-state index contributed by atoms with van der Waals surface area (Å²) in [5.41, 5.74) is 2.70. The van der Waals surface area contributed by atoms with E-state index in [0.29, 0.717) is 35.8 Å². The van der Waals surface area contributed by atoms with Crippen LogP contribution in [-0.4, -0.2) is 35.0 Å². The van der Waals surface area contributed by atoms with E-state index in [1.807, 2.05) is 37.3 Å². The molecule has 1 saturated heterocycles. The standard InChI is InChI=1S/C27H30ClN5O.ClH/c1-17-6-7-18(12-25(17)28)14-30-26-24-13-21(29-2)8-9-23(24)27(32-31-26)33-15-19-4-3-5-20(16-33)22(19)10-11-34;/h6-9,12-13,19-20,22,34H,3-5,10-11,14-16H2,1H3,(H,30,31);1H. The zero-order chi connectivity index (χ0) is 23.7. The minimum Gasteiger partial charge on any atom is -0.396 e. The first-order valence-corrected chi connectivity index (χ1v) is 12.5. The molecule has 1 aromatic heterocycles. The summed E-state index contributed by atoms with van der Waals surface area (Å²) in [6, 6.07) is 11.8. The van der Waals surface area contributed by atoms with Crippen molar-refractivity contribution in [2.45, 2.75) is 39.2 Å².